The Morgan fingerprint density at radius 3 is 2.22 bits per heavy atom. The van der Waals surface area contributed by atoms with Gasteiger partial charge in [0.15, 0.2) is 0 Å². The average Bonchev–Trinajstić information content (AvgIpc) is 2.71. The quantitative estimate of drug-likeness (QED) is 0.559. The van der Waals surface area contributed by atoms with Gasteiger partial charge in [0.25, 0.3) is 5.91 Å². The number of ether oxygens (including phenoxy) is 1. The van der Waals surface area contributed by atoms with E-state index in [0.717, 1.165) is 11.1 Å². The SMILES string of the molecule is Cc1ccccc1C(=O)NC(CC(C)C)C(=O)NCc1ccc(COCC(F)(F)F)cc1. The van der Waals surface area contributed by atoms with Crippen molar-refractivity contribution in [2.45, 2.75) is 52.6 Å². The maximum Gasteiger partial charge on any atom is 0.411 e. The molecular weight excluding hydrogens is 421 g/mol. The molecule has 174 valence electrons. The number of alkyl halides is 3. The van der Waals surface area contributed by atoms with Crippen molar-refractivity contribution >= 4 is 11.8 Å². The van der Waals surface area contributed by atoms with Crippen LogP contribution in [0.25, 0.3) is 0 Å². The minimum absolute atomic E-state index is 0.145. The van der Waals surface area contributed by atoms with Crippen molar-refractivity contribution in [3.05, 3.63) is 70.8 Å². The highest BCUT2D eigenvalue weighted by atomic mass is 19.4. The number of halogens is 3. The van der Waals surface area contributed by atoms with E-state index in [2.05, 4.69) is 15.4 Å². The van der Waals surface area contributed by atoms with Crippen molar-refractivity contribution in [1.29, 1.82) is 0 Å². The van der Waals surface area contributed by atoms with E-state index in [1.165, 1.54) is 0 Å². The van der Waals surface area contributed by atoms with E-state index in [1.54, 1.807) is 36.4 Å². The van der Waals surface area contributed by atoms with E-state index in [-0.39, 0.29) is 30.9 Å². The molecule has 32 heavy (non-hydrogen) atoms. The first-order valence-corrected chi connectivity index (χ1v) is 10.4. The minimum Gasteiger partial charge on any atom is -0.367 e. The first-order chi connectivity index (χ1) is 15.0. The number of aryl methyl sites for hydroxylation is 1. The molecule has 0 saturated carbocycles. The normalized spacial score (nSPS) is 12.5. The predicted molar refractivity (Wildman–Crippen MR) is 116 cm³/mol. The molecule has 0 bridgehead atoms. The van der Waals surface area contributed by atoms with Crippen LogP contribution in [0.2, 0.25) is 0 Å². The third kappa shape index (κ3) is 8.70. The first kappa shape index (κ1) is 25.4. The van der Waals surface area contributed by atoms with E-state index in [4.69, 9.17) is 0 Å². The van der Waals surface area contributed by atoms with Crippen molar-refractivity contribution in [1.82, 2.24) is 10.6 Å². The second-order valence-corrected chi connectivity index (χ2v) is 8.11. The van der Waals surface area contributed by atoms with Gasteiger partial charge in [0.05, 0.1) is 6.61 Å². The Morgan fingerprint density at radius 1 is 1.00 bits per heavy atom. The van der Waals surface area contributed by atoms with Crippen LogP contribution in [0.4, 0.5) is 13.2 Å². The van der Waals surface area contributed by atoms with Crippen molar-refractivity contribution in [2.24, 2.45) is 5.92 Å². The monoisotopic (exact) mass is 450 g/mol. The Morgan fingerprint density at radius 2 is 1.62 bits per heavy atom. The molecule has 5 nitrogen and oxygen atoms in total. The third-order valence-electron chi connectivity index (χ3n) is 4.74. The summed E-state index contributed by atoms with van der Waals surface area (Å²) in [6.07, 6.45) is -3.87. The lowest BCUT2D eigenvalue weighted by molar-refractivity contribution is -0.176. The second kappa shape index (κ2) is 11.7. The number of nitrogens with one attached hydrogen (secondary N) is 2. The van der Waals surface area contributed by atoms with Crippen molar-refractivity contribution < 1.29 is 27.5 Å². The molecule has 0 aliphatic rings. The summed E-state index contributed by atoms with van der Waals surface area (Å²) in [6, 6.07) is 13.2. The number of carbonyl (C=O) groups excluding carboxylic acids is 2. The van der Waals surface area contributed by atoms with Crippen molar-refractivity contribution in [3.8, 4) is 0 Å². The van der Waals surface area contributed by atoms with Crippen LogP contribution in [-0.4, -0.2) is 30.6 Å². The molecule has 2 amide bonds. The Hall–Kier alpha value is -2.87. The van der Waals surface area contributed by atoms with Gasteiger partial charge in [0.2, 0.25) is 5.91 Å². The summed E-state index contributed by atoms with van der Waals surface area (Å²) >= 11 is 0. The molecule has 1 atom stereocenters. The lowest BCUT2D eigenvalue weighted by Gasteiger charge is -2.21. The largest absolute Gasteiger partial charge is 0.411 e. The van der Waals surface area contributed by atoms with E-state index in [1.807, 2.05) is 32.9 Å². The lowest BCUT2D eigenvalue weighted by atomic mass is 10.0. The van der Waals surface area contributed by atoms with Crippen LogP contribution in [0, 0.1) is 12.8 Å². The van der Waals surface area contributed by atoms with Gasteiger partial charge in [-0.25, -0.2) is 0 Å². The van der Waals surface area contributed by atoms with E-state index in [9.17, 15) is 22.8 Å². The van der Waals surface area contributed by atoms with Crippen LogP contribution in [-0.2, 0) is 22.7 Å². The summed E-state index contributed by atoms with van der Waals surface area (Å²) in [5.41, 5.74) is 2.74. The van der Waals surface area contributed by atoms with Gasteiger partial charge in [-0.2, -0.15) is 13.2 Å². The highest BCUT2D eigenvalue weighted by molar-refractivity contribution is 5.98. The number of carbonyl (C=O) groups is 2. The highest BCUT2D eigenvalue weighted by Crippen LogP contribution is 2.16. The number of benzene rings is 2. The van der Waals surface area contributed by atoms with Gasteiger partial charge in [-0.15, -0.1) is 0 Å². The summed E-state index contributed by atoms with van der Waals surface area (Å²) in [6.45, 7) is 4.57. The average molecular weight is 451 g/mol. The highest BCUT2D eigenvalue weighted by Gasteiger charge is 2.27. The Bertz CT molecular complexity index is 896. The van der Waals surface area contributed by atoms with Gasteiger partial charge in [0, 0.05) is 12.1 Å². The van der Waals surface area contributed by atoms with E-state index >= 15 is 0 Å². The second-order valence-electron chi connectivity index (χ2n) is 8.11. The van der Waals surface area contributed by atoms with Crippen molar-refractivity contribution in [2.75, 3.05) is 6.61 Å². The molecule has 0 saturated heterocycles. The molecule has 2 N–H and O–H groups in total. The Balaban J connectivity index is 1.92. The van der Waals surface area contributed by atoms with Gasteiger partial charge in [-0.05, 0) is 42.0 Å². The van der Waals surface area contributed by atoms with Gasteiger partial charge >= 0.3 is 6.18 Å². The Labute approximate surface area is 186 Å². The van der Waals surface area contributed by atoms with Crippen molar-refractivity contribution in [3.63, 3.8) is 0 Å². The summed E-state index contributed by atoms with van der Waals surface area (Å²) < 4.78 is 41.1. The topological polar surface area (TPSA) is 67.4 Å². The van der Waals surface area contributed by atoms with Crippen LogP contribution in [0.3, 0.4) is 0 Å². The van der Waals surface area contributed by atoms with Crippen LogP contribution < -0.4 is 10.6 Å². The summed E-state index contributed by atoms with van der Waals surface area (Å²) in [5.74, 6) is -0.399. The fraction of sp³-hybridized carbons (Fsp3) is 0.417. The van der Waals surface area contributed by atoms with Crippen LogP contribution in [0.15, 0.2) is 48.5 Å². The molecule has 8 heteroatoms. The molecule has 0 spiro atoms. The smallest absolute Gasteiger partial charge is 0.367 e. The number of rotatable bonds is 10. The Kier molecular flexibility index (Phi) is 9.26. The molecule has 2 aromatic rings. The molecular formula is C24H29F3N2O3. The molecule has 0 aromatic heterocycles. The fourth-order valence-corrected chi connectivity index (χ4v) is 3.12. The van der Waals surface area contributed by atoms with Gasteiger partial charge in [-0.3, -0.25) is 9.59 Å². The summed E-state index contributed by atoms with van der Waals surface area (Å²) in [5, 5.41) is 5.65. The fourth-order valence-electron chi connectivity index (χ4n) is 3.12. The lowest BCUT2D eigenvalue weighted by Crippen LogP contribution is -2.47. The zero-order valence-corrected chi connectivity index (χ0v) is 18.5. The zero-order valence-electron chi connectivity index (χ0n) is 18.5. The van der Waals surface area contributed by atoms with E-state index in [0.29, 0.717) is 17.5 Å². The zero-order chi connectivity index (χ0) is 23.7. The number of amides is 2. The molecule has 2 aromatic carbocycles. The molecule has 0 aliphatic heterocycles. The molecule has 0 fully saturated rings. The standard InChI is InChI=1S/C24H29F3N2O3/c1-16(2)12-21(29-22(30)20-7-5-4-6-17(20)3)23(31)28-13-18-8-10-19(11-9-18)14-32-15-24(25,26)27/h4-11,16,21H,12-15H2,1-3H3,(H,28,31)(H,29,30). The number of hydrogen-bond acceptors (Lipinski definition) is 3. The molecule has 0 aliphatic carbocycles. The molecule has 2 rings (SSSR count). The molecule has 0 heterocycles. The first-order valence-electron chi connectivity index (χ1n) is 10.4. The third-order valence-corrected chi connectivity index (χ3v) is 4.74. The van der Waals surface area contributed by atoms with Gasteiger partial charge < -0.3 is 15.4 Å². The van der Waals surface area contributed by atoms with Crippen LogP contribution in [0.5, 0.6) is 0 Å². The maximum atomic E-state index is 12.8. The van der Waals surface area contributed by atoms with Gasteiger partial charge in [-0.1, -0.05) is 56.3 Å². The summed E-state index contributed by atoms with van der Waals surface area (Å²) in [7, 11) is 0. The molecule has 0 radical (unpaired) electrons. The van der Waals surface area contributed by atoms with Crippen LogP contribution >= 0.6 is 0 Å². The van der Waals surface area contributed by atoms with Crippen LogP contribution in [0.1, 0.15) is 47.3 Å². The minimum atomic E-state index is -4.36. The maximum absolute atomic E-state index is 12.8. The summed E-state index contributed by atoms with van der Waals surface area (Å²) in [4.78, 5) is 25.4. The number of hydrogen-bond donors (Lipinski definition) is 2. The van der Waals surface area contributed by atoms with E-state index < -0.39 is 18.8 Å². The predicted octanol–water partition coefficient (Wildman–Crippen LogP) is 4.53. The molecule has 1 unspecified atom stereocenters. The van der Waals surface area contributed by atoms with Gasteiger partial charge in [0.1, 0.15) is 12.6 Å².